The average Bonchev–Trinajstić information content (AvgIpc) is 1.99. The number of carboxylic acid groups (broad SMARTS) is 1. The van der Waals surface area contributed by atoms with Gasteiger partial charge in [-0.1, -0.05) is 23.7 Å². The minimum Gasteiger partial charge on any atom is -0.481 e. The van der Waals surface area contributed by atoms with Crippen molar-refractivity contribution in [2.24, 2.45) is 0 Å². The van der Waals surface area contributed by atoms with E-state index in [1.807, 2.05) is 0 Å². The van der Waals surface area contributed by atoms with E-state index in [-0.39, 0.29) is 0 Å². The summed E-state index contributed by atoms with van der Waals surface area (Å²) < 4.78 is 13.7. The Balaban J connectivity index is 3.16. The molecule has 0 aliphatic carbocycles. The third-order valence-electron chi connectivity index (χ3n) is 2.12. The lowest BCUT2D eigenvalue weighted by Gasteiger charge is -2.23. The molecule has 2 nitrogen and oxygen atoms in total. The standard InChI is InChI=1S/C11H12ClFO2/c1-11(2,13)9(10(14)15)7-4-3-5-8(12)6-7/h3-6,9H,1-2H3,(H,14,15). The summed E-state index contributed by atoms with van der Waals surface area (Å²) in [4.78, 5) is 11.0. The molecule has 0 bridgehead atoms. The van der Waals surface area contributed by atoms with Gasteiger partial charge >= 0.3 is 5.97 Å². The van der Waals surface area contributed by atoms with Gasteiger partial charge in [0.25, 0.3) is 0 Å². The summed E-state index contributed by atoms with van der Waals surface area (Å²) in [5.41, 5.74) is -1.45. The van der Waals surface area contributed by atoms with Gasteiger partial charge in [0.2, 0.25) is 0 Å². The first-order chi connectivity index (χ1) is 6.82. The minimum atomic E-state index is -1.82. The van der Waals surface area contributed by atoms with Crippen molar-refractivity contribution in [2.75, 3.05) is 0 Å². The normalized spacial score (nSPS) is 13.6. The highest BCUT2D eigenvalue weighted by atomic mass is 35.5. The molecule has 1 N–H and O–H groups in total. The predicted molar refractivity (Wildman–Crippen MR) is 57.0 cm³/mol. The van der Waals surface area contributed by atoms with E-state index in [0.717, 1.165) is 0 Å². The third-order valence-corrected chi connectivity index (χ3v) is 2.35. The van der Waals surface area contributed by atoms with Crippen molar-refractivity contribution >= 4 is 17.6 Å². The summed E-state index contributed by atoms with van der Waals surface area (Å²) >= 11 is 5.73. The quantitative estimate of drug-likeness (QED) is 0.866. The molecule has 0 aliphatic heterocycles. The van der Waals surface area contributed by atoms with Crippen LogP contribution in [0, 0.1) is 0 Å². The van der Waals surface area contributed by atoms with Gasteiger partial charge in [0.15, 0.2) is 0 Å². The number of halogens is 2. The fourth-order valence-electron chi connectivity index (χ4n) is 1.52. The second-order valence-electron chi connectivity index (χ2n) is 3.89. The molecule has 4 heteroatoms. The fourth-order valence-corrected chi connectivity index (χ4v) is 1.72. The van der Waals surface area contributed by atoms with Crippen molar-refractivity contribution in [2.45, 2.75) is 25.4 Å². The molecular formula is C11H12ClFO2. The zero-order chi connectivity index (χ0) is 11.6. The van der Waals surface area contributed by atoms with Gasteiger partial charge in [0.05, 0.1) is 0 Å². The highest BCUT2D eigenvalue weighted by molar-refractivity contribution is 6.30. The molecule has 0 saturated heterocycles. The Kier molecular flexibility index (Phi) is 3.35. The Morgan fingerprint density at radius 2 is 2.13 bits per heavy atom. The molecular weight excluding hydrogens is 219 g/mol. The molecule has 0 aliphatic rings. The number of carbonyl (C=O) groups is 1. The van der Waals surface area contributed by atoms with E-state index in [1.54, 1.807) is 18.2 Å². The molecule has 0 amide bonds. The lowest BCUT2D eigenvalue weighted by molar-refractivity contribution is -0.142. The van der Waals surface area contributed by atoms with Crippen LogP contribution < -0.4 is 0 Å². The number of aliphatic carboxylic acids is 1. The molecule has 0 spiro atoms. The maximum absolute atomic E-state index is 13.7. The number of hydrogen-bond donors (Lipinski definition) is 1. The van der Waals surface area contributed by atoms with Gasteiger partial charge in [-0.25, -0.2) is 4.39 Å². The molecule has 1 atom stereocenters. The van der Waals surface area contributed by atoms with E-state index in [1.165, 1.54) is 19.9 Å². The highest BCUT2D eigenvalue weighted by Gasteiger charge is 2.36. The lowest BCUT2D eigenvalue weighted by atomic mass is 9.86. The van der Waals surface area contributed by atoms with E-state index in [4.69, 9.17) is 16.7 Å². The van der Waals surface area contributed by atoms with Gasteiger partial charge in [0.1, 0.15) is 11.6 Å². The van der Waals surface area contributed by atoms with Crippen LogP contribution >= 0.6 is 11.6 Å². The van der Waals surface area contributed by atoms with Crippen molar-refractivity contribution in [1.29, 1.82) is 0 Å². The van der Waals surface area contributed by atoms with Crippen LogP contribution in [0.4, 0.5) is 4.39 Å². The SMILES string of the molecule is CC(C)(F)C(C(=O)O)c1cccc(Cl)c1. The van der Waals surface area contributed by atoms with Crippen LogP contribution in [0.15, 0.2) is 24.3 Å². The number of carboxylic acids is 1. The molecule has 15 heavy (non-hydrogen) atoms. The molecule has 1 aromatic rings. The molecule has 0 saturated carbocycles. The number of alkyl halides is 1. The van der Waals surface area contributed by atoms with Gasteiger partial charge in [-0.05, 0) is 31.5 Å². The van der Waals surface area contributed by atoms with Crippen molar-refractivity contribution in [3.05, 3.63) is 34.9 Å². The molecule has 0 radical (unpaired) electrons. The van der Waals surface area contributed by atoms with Crippen molar-refractivity contribution in [1.82, 2.24) is 0 Å². The first-order valence-corrected chi connectivity index (χ1v) is 4.87. The first-order valence-electron chi connectivity index (χ1n) is 4.49. The Morgan fingerprint density at radius 1 is 1.53 bits per heavy atom. The number of hydrogen-bond acceptors (Lipinski definition) is 1. The van der Waals surface area contributed by atoms with E-state index in [9.17, 15) is 9.18 Å². The minimum absolute atomic E-state index is 0.377. The maximum Gasteiger partial charge on any atom is 0.314 e. The molecule has 0 aromatic heterocycles. The lowest BCUT2D eigenvalue weighted by Crippen LogP contribution is -2.30. The van der Waals surface area contributed by atoms with Crippen molar-refractivity contribution in [3.63, 3.8) is 0 Å². The third kappa shape index (κ3) is 2.93. The van der Waals surface area contributed by atoms with Gasteiger partial charge in [0, 0.05) is 5.02 Å². The van der Waals surface area contributed by atoms with E-state index >= 15 is 0 Å². The van der Waals surface area contributed by atoms with Crippen molar-refractivity contribution in [3.8, 4) is 0 Å². The molecule has 1 rings (SSSR count). The van der Waals surface area contributed by atoms with E-state index in [0.29, 0.717) is 10.6 Å². The van der Waals surface area contributed by atoms with Gasteiger partial charge in [-0.15, -0.1) is 0 Å². The zero-order valence-corrected chi connectivity index (χ0v) is 9.25. The molecule has 82 valence electrons. The van der Waals surface area contributed by atoms with E-state index in [2.05, 4.69) is 0 Å². The van der Waals surface area contributed by atoms with Gasteiger partial charge < -0.3 is 5.11 Å². The number of benzene rings is 1. The Hall–Kier alpha value is -1.09. The molecule has 0 heterocycles. The summed E-state index contributed by atoms with van der Waals surface area (Å²) in [5, 5.41) is 9.38. The van der Waals surface area contributed by atoms with Crippen LogP contribution in [0.2, 0.25) is 5.02 Å². The molecule has 1 aromatic carbocycles. The second-order valence-corrected chi connectivity index (χ2v) is 4.33. The Labute approximate surface area is 92.7 Å². The van der Waals surface area contributed by atoms with Crippen LogP contribution in [0.3, 0.4) is 0 Å². The average molecular weight is 231 g/mol. The number of rotatable bonds is 3. The second kappa shape index (κ2) is 4.19. The summed E-state index contributed by atoms with van der Waals surface area (Å²) in [6.45, 7) is 2.49. The summed E-state index contributed by atoms with van der Waals surface area (Å²) in [7, 11) is 0. The van der Waals surface area contributed by atoms with Crippen LogP contribution in [-0.4, -0.2) is 16.7 Å². The molecule has 1 unspecified atom stereocenters. The first kappa shape index (κ1) is 12.0. The van der Waals surface area contributed by atoms with Crippen LogP contribution in [0.25, 0.3) is 0 Å². The summed E-state index contributed by atoms with van der Waals surface area (Å²) in [5.74, 6) is -2.39. The van der Waals surface area contributed by atoms with E-state index < -0.39 is 17.6 Å². The highest BCUT2D eigenvalue weighted by Crippen LogP contribution is 2.32. The smallest absolute Gasteiger partial charge is 0.314 e. The predicted octanol–water partition coefficient (Wildman–Crippen LogP) is 3.26. The van der Waals surface area contributed by atoms with Gasteiger partial charge in [-0.3, -0.25) is 4.79 Å². The summed E-state index contributed by atoms with van der Waals surface area (Å²) in [6.07, 6.45) is 0. The largest absolute Gasteiger partial charge is 0.481 e. The van der Waals surface area contributed by atoms with Crippen LogP contribution in [0.5, 0.6) is 0 Å². The Bertz CT molecular complexity index is 371. The maximum atomic E-state index is 13.7. The monoisotopic (exact) mass is 230 g/mol. The van der Waals surface area contributed by atoms with Crippen molar-refractivity contribution < 1.29 is 14.3 Å². The summed E-state index contributed by atoms with van der Waals surface area (Å²) in [6, 6.07) is 6.27. The fraction of sp³-hybridized carbons (Fsp3) is 0.364. The zero-order valence-electron chi connectivity index (χ0n) is 8.50. The molecule has 0 fully saturated rings. The Morgan fingerprint density at radius 3 is 2.53 bits per heavy atom. The topological polar surface area (TPSA) is 37.3 Å². The van der Waals surface area contributed by atoms with Crippen LogP contribution in [0.1, 0.15) is 25.3 Å². The van der Waals surface area contributed by atoms with Crippen LogP contribution in [-0.2, 0) is 4.79 Å². The van der Waals surface area contributed by atoms with Gasteiger partial charge in [-0.2, -0.15) is 0 Å².